The minimum Gasteiger partial charge on any atom is -0.493 e. The minimum atomic E-state index is 0.0480. The summed E-state index contributed by atoms with van der Waals surface area (Å²) in [6, 6.07) is 0. The van der Waals surface area contributed by atoms with Gasteiger partial charge in [0, 0.05) is 13.5 Å². The third-order valence-electron chi connectivity index (χ3n) is 1.71. The van der Waals surface area contributed by atoms with Crippen molar-refractivity contribution in [3.63, 3.8) is 0 Å². The molecule has 0 spiro atoms. The summed E-state index contributed by atoms with van der Waals surface area (Å²) in [4.78, 5) is 11.3. The molecule has 0 fully saturated rings. The molecule has 4 nitrogen and oxygen atoms in total. The topological polar surface area (TPSA) is 44.1 Å². The van der Waals surface area contributed by atoms with E-state index in [0.29, 0.717) is 17.9 Å². The summed E-state index contributed by atoms with van der Waals surface area (Å²) in [5, 5.41) is 3.93. The van der Waals surface area contributed by atoms with E-state index in [4.69, 9.17) is 4.74 Å². The highest BCUT2D eigenvalue weighted by atomic mass is 16.5. The van der Waals surface area contributed by atoms with Gasteiger partial charge in [-0.3, -0.25) is 9.48 Å². The molecule has 0 bridgehead atoms. The van der Waals surface area contributed by atoms with Crippen molar-refractivity contribution in [2.24, 2.45) is 7.05 Å². The molecule has 12 heavy (non-hydrogen) atoms. The standard InChI is InChI=1S/C8H12N2O2/c1-4-6(11)8-7(12-3)5-9-10(8)2/h5H,4H2,1-3H3. The first-order chi connectivity index (χ1) is 5.70. The van der Waals surface area contributed by atoms with Crippen LogP contribution >= 0.6 is 0 Å². The normalized spacial score (nSPS) is 9.92. The van der Waals surface area contributed by atoms with E-state index < -0.39 is 0 Å². The zero-order valence-electron chi connectivity index (χ0n) is 7.50. The van der Waals surface area contributed by atoms with Crippen molar-refractivity contribution in [2.45, 2.75) is 13.3 Å². The number of carbonyl (C=O) groups is 1. The molecule has 0 radical (unpaired) electrons. The molecule has 0 aliphatic heterocycles. The lowest BCUT2D eigenvalue weighted by molar-refractivity contribution is 0.0976. The van der Waals surface area contributed by atoms with Gasteiger partial charge in [-0.15, -0.1) is 0 Å². The Morgan fingerprint density at radius 2 is 2.42 bits per heavy atom. The van der Waals surface area contributed by atoms with Gasteiger partial charge >= 0.3 is 0 Å². The second kappa shape index (κ2) is 3.38. The zero-order valence-corrected chi connectivity index (χ0v) is 7.50. The molecule has 1 aromatic heterocycles. The van der Waals surface area contributed by atoms with Gasteiger partial charge in [0.1, 0.15) is 5.69 Å². The average Bonchev–Trinajstić information content (AvgIpc) is 2.45. The van der Waals surface area contributed by atoms with Crippen molar-refractivity contribution in [1.29, 1.82) is 0 Å². The highest BCUT2D eigenvalue weighted by Crippen LogP contribution is 2.17. The van der Waals surface area contributed by atoms with Gasteiger partial charge in [0.2, 0.25) is 0 Å². The van der Waals surface area contributed by atoms with E-state index in [2.05, 4.69) is 5.10 Å². The van der Waals surface area contributed by atoms with E-state index >= 15 is 0 Å². The molecule has 0 N–H and O–H groups in total. The van der Waals surface area contributed by atoms with Crippen LogP contribution in [-0.4, -0.2) is 22.7 Å². The molecule has 0 amide bonds. The predicted octanol–water partition coefficient (Wildman–Crippen LogP) is 1.02. The Morgan fingerprint density at radius 3 is 2.92 bits per heavy atom. The van der Waals surface area contributed by atoms with Crippen LogP contribution in [0, 0.1) is 0 Å². The van der Waals surface area contributed by atoms with E-state index in [1.807, 2.05) is 6.92 Å². The molecule has 0 unspecified atom stereocenters. The molecule has 0 aromatic carbocycles. The second-order valence-electron chi connectivity index (χ2n) is 2.46. The minimum absolute atomic E-state index is 0.0480. The molecule has 0 aliphatic carbocycles. The van der Waals surface area contributed by atoms with Gasteiger partial charge in [-0.05, 0) is 0 Å². The van der Waals surface area contributed by atoms with Crippen molar-refractivity contribution in [2.75, 3.05) is 7.11 Å². The van der Waals surface area contributed by atoms with Crippen LogP contribution in [0.5, 0.6) is 5.75 Å². The monoisotopic (exact) mass is 168 g/mol. The van der Waals surface area contributed by atoms with Crippen molar-refractivity contribution in [3.05, 3.63) is 11.9 Å². The number of rotatable bonds is 3. The van der Waals surface area contributed by atoms with E-state index in [-0.39, 0.29) is 5.78 Å². The Balaban J connectivity index is 3.10. The van der Waals surface area contributed by atoms with Gasteiger partial charge in [-0.25, -0.2) is 0 Å². The number of Topliss-reactive ketones (excluding diaryl/α,β-unsaturated/α-hetero) is 1. The summed E-state index contributed by atoms with van der Waals surface area (Å²) in [6.07, 6.45) is 2.01. The molecule has 1 heterocycles. The molecular formula is C8H12N2O2. The van der Waals surface area contributed by atoms with E-state index in [1.54, 1.807) is 13.2 Å². The maximum atomic E-state index is 11.3. The maximum absolute atomic E-state index is 11.3. The number of carbonyl (C=O) groups excluding carboxylic acids is 1. The fourth-order valence-corrected chi connectivity index (χ4v) is 1.05. The molecule has 0 atom stereocenters. The summed E-state index contributed by atoms with van der Waals surface area (Å²) < 4.78 is 6.52. The predicted molar refractivity (Wildman–Crippen MR) is 44.4 cm³/mol. The smallest absolute Gasteiger partial charge is 0.184 e. The Bertz CT molecular complexity index is 291. The number of ether oxygens (including phenoxy) is 1. The summed E-state index contributed by atoms with van der Waals surface area (Å²) in [5.74, 6) is 0.594. The van der Waals surface area contributed by atoms with E-state index in [0.717, 1.165) is 0 Å². The summed E-state index contributed by atoms with van der Waals surface area (Å²) in [6.45, 7) is 1.81. The number of ketones is 1. The lowest BCUT2D eigenvalue weighted by Crippen LogP contribution is -2.06. The van der Waals surface area contributed by atoms with Crippen LogP contribution in [0.4, 0.5) is 0 Å². The van der Waals surface area contributed by atoms with Crippen molar-refractivity contribution < 1.29 is 9.53 Å². The Hall–Kier alpha value is -1.32. The summed E-state index contributed by atoms with van der Waals surface area (Å²) in [5.41, 5.74) is 0.542. The van der Waals surface area contributed by atoms with Crippen LogP contribution in [0.3, 0.4) is 0 Å². The van der Waals surface area contributed by atoms with Crippen LogP contribution < -0.4 is 4.74 Å². The second-order valence-corrected chi connectivity index (χ2v) is 2.46. The molecular weight excluding hydrogens is 156 g/mol. The van der Waals surface area contributed by atoms with Gasteiger partial charge in [-0.2, -0.15) is 5.10 Å². The third-order valence-corrected chi connectivity index (χ3v) is 1.71. The number of hydrogen-bond donors (Lipinski definition) is 0. The lowest BCUT2D eigenvalue weighted by atomic mass is 10.2. The van der Waals surface area contributed by atoms with Crippen molar-refractivity contribution in [3.8, 4) is 5.75 Å². The molecule has 4 heteroatoms. The van der Waals surface area contributed by atoms with Crippen molar-refractivity contribution in [1.82, 2.24) is 9.78 Å². The number of hydrogen-bond acceptors (Lipinski definition) is 3. The maximum Gasteiger partial charge on any atom is 0.184 e. The first-order valence-electron chi connectivity index (χ1n) is 3.79. The third kappa shape index (κ3) is 1.32. The van der Waals surface area contributed by atoms with Crippen LogP contribution in [0.1, 0.15) is 23.8 Å². The number of methoxy groups -OCH3 is 1. The van der Waals surface area contributed by atoms with Crippen molar-refractivity contribution >= 4 is 5.78 Å². The highest BCUT2D eigenvalue weighted by Gasteiger charge is 2.14. The molecule has 1 rings (SSSR count). The van der Waals surface area contributed by atoms with E-state index in [1.165, 1.54) is 11.8 Å². The van der Waals surface area contributed by atoms with Crippen LogP contribution in [0.25, 0.3) is 0 Å². The van der Waals surface area contributed by atoms with Crippen LogP contribution in [0.15, 0.2) is 6.20 Å². The van der Waals surface area contributed by atoms with E-state index in [9.17, 15) is 4.79 Å². The largest absolute Gasteiger partial charge is 0.493 e. The Kier molecular flexibility index (Phi) is 2.47. The van der Waals surface area contributed by atoms with Gasteiger partial charge in [0.25, 0.3) is 0 Å². The van der Waals surface area contributed by atoms with Gasteiger partial charge < -0.3 is 4.74 Å². The van der Waals surface area contributed by atoms with Gasteiger partial charge in [-0.1, -0.05) is 6.92 Å². The number of nitrogens with zero attached hydrogens (tertiary/aromatic N) is 2. The van der Waals surface area contributed by atoms with Crippen LogP contribution in [0.2, 0.25) is 0 Å². The zero-order chi connectivity index (χ0) is 9.14. The molecule has 0 aliphatic rings. The molecule has 66 valence electrons. The average molecular weight is 168 g/mol. The number of aromatic nitrogens is 2. The van der Waals surface area contributed by atoms with Gasteiger partial charge in [0.05, 0.1) is 13.3 Å². The SMILES string of the molecule is CCC(=O)c1c(OC)cnn1C. The fourth-order valence-electron chi connectivity index (χ4n) is 1.05. The molecule has 0 saturated carbocycles. The first kappa shape index (κ1) is 8.77. The highest BCUT2D eigenvalue weighted by molar-refractivity contribution is 5.96. The van der Waals surface area contributed by atoms with Crippen LogP contribution in [-0.2, 0) is 7.05 Å². The van der Waals surface area contributed by atoms with Gasteiger partial charge in [0.15, 0.2) is 11.5 Å². The quantitative estimate of drug-likeness (QED) is 0.633. The first-order valence-corrected chi connectivity index (χ1v) is 3.79. The molecule has 1 aromatic rings. The summed E-state index contributed by atoms with van der Waals surface area (Å²) >= 11 is 0. The number of aryl methyl sites for hydroxylation is 1. The lowest BCUT2D eigenvalue weighted by Gasteiger charge is -2.01. The fraction of sp³-hybridized carbons (Fsp3) is 0.500. The Labute approximate surface area is 71.1 Å². The molecule has 0 saturated heterocycles. The summed E-state index contributed by atoms with van der Waals surface area (Å²) in [7, 11) is 3.26. The Morgan fingerprint density at radius 1 is 1.75 bits per heavy atom.